The monoisotopic (exact) mass is 378 g/mol. The van der Waals surface area contributed by atoms with E-state index < -0.39 is 6.03 Å². The van der Waals surface area contributed by atoms with Crippen molar-refractivity contribution in [2.45, 2.75) is 32.7 Å². The Morgan fingerprint density at radius 2 is 2.12 bits per heavy atom. The summed E-state index contributed by atoms with van der Waals surface area (Å²) < 4.78 is 5.40. The molecule has 0 fully saturated rings. The van der Waals surface area contributed by atoms with Gasteiger partial charge in [0.25, 0.3) is 5.91 Å². The van der Waals surface area contributed by atoms with Crippen LogP contribution in [-0.4, -0.2) is 33.7 Å². The van der Waals surface area contributed by atoms with Crippen LogP contribution < -0.4 is 20.7 Å². The first kappa shape index (κ1) is 18.0. The highest BCUT2D eigenvalue weighted by molar-refractivity contribution is 6.31. The molecule has 1 aliphatic rings. The Kier molecular flexibility index (Phi) is 4.99. The third-order valence-electron chi connectivity index (χ3n) is 3.72. The average Bonchev–Trinajstić information content (AvgIpc) is 3.04. The number of amides is 3. The molecule has 1 aliphatic heterocycles. The second-order valence-electron chi connectivity index (χ2n) is 6.22. The number of halogens is 1. The molecule has 9 nitrogen and oxygen atoms in total. The molecule has 2 heterocycles. The first-order chi connectivity index (χ1) is 12.3. The van der Waals surface area contributed by atoms with E-state index in [9.17, 15) is 9.59 Å². The second kappa shape index (κ2) is 7.20. The van der Waals surface area contributed by atoms with Gasteiger partial charge in [0.1, 0.15) is 5.82 Å². The lowest BCUT2D eigenvalue weighted by Crippen LogP contribution is -2.32. The van der Waals surface area contributed by atoms with Gasteiger partial charge in [0.15, 0.2) is 18.2 Å². The van der Waals surface area contributed by atoms with Crippen molar-refractivity contribution in [2.75, 3.05) is 17.2 Å². The number of rotatable bonds is 4. The number of hydrogen-bond donors (Lipinski definition) is 4. The van der Waals surface area contributed by atoms with Crippen LogP contribution in [0.3, 0.4) is 0 Å². The number of nitrogens with one attached hydrogen (secondary N) is 4. The topological polar surface area (TPSA) is 121 Å². The van der Waals surface area contributed by atoms with E-state index in [0.717, 1.165) is 0 Å². The minimum atomic E-state index is -0.468. The largest absolute Gasteiger partial charge is 0.479 e. The van der Waals surface area contributed by atoms with Crippen molar-refractivity contribution in [3.63, 3.8) is 0 Å². The SMILES string of the molecule is CC(C)c1n[nH]c(C(C)NC(=O)Nc2cc(Cl)cc3c2OCC(=O)N3)n1. The molecular weight excluding hydrogens is 360 g/mol. The maximum absolute atomic E-state index is 12.3. The van der Waals surface area contributed by atoms with Gasteiger partial charge in [-0.2, -0.15) is 5.10 Å². The number of carbonyl (C=O) groups is 2. The summed E-state index contributed by atoms with van der Waals surface area (Å²) in [5.41, 5.74) is 0.770. The molecule has 138 valence electrons. The summed E-state index contributed by atoms with van der Waals surface area (Å²) in [6.07, 6.45) is 0. The normalized spacial score (nSPS) is 14.3. The highest BCUT2D eigenvalue weighted by Crippen LogP contribution is 2.38. The van der Waals surface area contributed by atoms with E-state index >= 15 is 0 Å². The number of ether oxygens (including phenoxy) is 1. The first-order valence-corrected chi connectivity index (χ1v) is 8.47. The Hall–Kier alpha value is -2.81. The fourth-order valence-corrected chi connectivity index (χ4v) is 2.64. The average molecular weight is 379 g/mol. The molecule has 0 bridgehead atoms. The van der Waals surface area contributed by atoms with E-state index in [4.69, 9.17) is 16.3 Å². The second-order valence-corrected chi connectivity index (χ2v) is 6.66. The van der Waals surface area contributed by atoms with Gasteiger partial charge in [0.05, 0.1) is 17.4 Å². The number of aromatic amines is 1. The Balaban J connectivity index is 1.71. The van der Waals surface area contributed by atoms with E-state index in [0.29, 0.717) is 33.8 Å². The minimum Gasteiger partial charge on any atom is -0.479 e. The van der Waals surface area contributed by atoms with E-state index in [1.807, 2.05) is 13.8 Å². The summed E-state index contributed by atoms with van der Waals surface area (Å²) >= 11 is 6.05. The van der Waals surface area contributed by atoms with Crippen LogP contribution in [0.15, 0.2) is 12.1 Å². The quantitative estimate of drug-likeness (QED) is 0.651. The van der Waals surface area contributed by atoms with Crippen molar-refractivity contribution in [1.29, 1.82) is 0 Å². The molecule has 3 amide bonds. The van der Waals surface area contributed by atoms with Gasteiger partial charge in [-0.25, -0.2) is 9.78 Å². The molecule has 3 rings (SSSR count). The molecule has 0 spiro atoms. The van der Waals surface area contributed by atoms with Crippen LogP contribution in [0, 0.1) is 0 Å². The molecule has 1 atom stereocenters. The van der Waals surface area contributed by atoms with Gasteiger partial charge in [-0.15, -0.1) is 0 Å². The van der Waals surface area contributed by atoms with Crippen molar-refractivity contribution < 1.29 is 14.3 Å². The standard InChI is InChI=1S/C16H19ClN6O3/c1-7(2)14-21-15(23-22-14)8(3)18-16(25)20-11-5-9(17)4-10-13(11)26-6-12(24)19-10/h4-5,7-8H,6H2,1-3H3,(H,19,24)(H2,18,20,25)(H,21,22,23). The summed E-state index contributed by atoms with van der Waals surface area (Å²) in [4.78, 5) is 28.1. The first-order valence-electron chi connectivity index (χ1n) is 8.09. The third kappa shape index (κ3) is 3.88. The van der Waals surface area contributed by atoms with E-state index in [1.165, 1.54) is 0 Å². The van der Waals surface area contributed by atoms with Crippen LogP contribution in [-0.2, 0) is 4.79 Å². The fraction of sp³-hybridized carbons (Fsp3) is 0.375. The summed E-state index contributed by atoms with van der Waals surface area (Å²) in [5, 5.41) is 15.4. The molecule has 1 aromatic carbocycles. The highest BCUT2D eigenvalue weighted by atomic mass is 35.5. The number of urea groups is 1. The van der Waals surface area contributed by atoms with Crippen LogP contribution in [0.25, 0.3) is 0 Å². The zero-order valence-corrected chi connectivity index (χ0v) is 15.3. The third-order valence-corrected chi connectivity index (χ3v) is 3.94. The number of benzene rings is 1. The molecular formula is C16H19ClN6O3. The number of fused-ring (bicyclic) bond motifs is 1. The number of nitrogens with zero attached hydrogens (tertiary/aromatic N) is 2. The van der Waals surface area contributed by atoms with Crippen molar-refractivity contribution in [3.05, 3.63) is 28.8 Å². The molecule has 0 saturated heterocycles. The van der Waals surface area contributed by atoms with Gasteiger partial charge in [-0.05, 0) is 19.1 Å². The van der Waals surface area contributed by atoms with Gasteiger partial charge in [-0.1, -0.05) is 25.4 Å². The smallest absolute Gasteiger partial charge is 0.319 e. The van der Waals surface area contributed by atoms with Crippen molar-refractivity contribution in [2.24, 2.45) is 0 Å². The summed E-state index contributed by atoms with van der Waals surface area (Å²) in [6, 6.07) is 2.25. The number of aromatic nitrogens is 3. The summed E-state index contributed by atoms with van der Waals surface area (Å²) in [5.74, 6) is 1.50. The van der Waals surface area contributed by atoms with Crippen molar-refractivity contribution >= 4 is 34.9 Å². The predicted octanol–water partition coefficient (Wildman–Crippen LogP) is 2.80. The molecule has 2 aromatic rings. The zero-order valence-electron chi connectivity index (χ0n) is 14.5. The highest BCUT2D eigenvalue weighted by Gasteiger charge is 2.22. The summed E-state index contributed by atoms with van der Waals surface area (Å²) in [7, 11) is 0. The molecule has 10 heteroatoms. The van der Waals surface area contributed by atoms with Gasteiger partial charge in [0, 0.05) is 10.9 Å². The zero-order chi connectivity index (χ0) is 18.8. The maximum atomic E-state index is 12.3. The Morgan fingerprint density at radius 1 is 1.35 bits per heavy atom. The molecule has 1 unspecified atom stereocenters. The van der Waals surface area contributed by atoms with Crippen molar-refractivity contribution in [1.82, 2.24) is 20.5 Å². The van der Waals surface area contributed by atoms with Gasteiger partial charge in [-0.3, -0.25) is 9.89 Å². The number of carbonyl (C=O) groups excluding carboxylic acids is 2. The molecule has 1 aromatic heterocycles. The Morgan fingerprint density at radius 3 is 2.81 bits per heavy atom. The van der Waals surface area contributed by atoms with E-state index in [-0.39, 0.29) is 24.5 Å². The van der Waals surface area contributed by atoms with Crippen LogP contribution in [0.4, 0.5) is 16.2 Å². The predicted molar refractivity (Wildman–Crippen MR) is 96.6 cm³/mol. The lowest BCUT2D eigenvalue weighted by atomic mass is 10.2. The van der Waals surface area contributed by atoms with Crippen molar-refractivity contribution in [3.8, 4) is 5.75 Å². The van der Waals surface area contributed by atoms with Gasteiger partial charge < -0.3 is 20.7 Å². The number of H-pyrrole nitrogens is 1. The summed E-state index contributed by atoms with van der Waals surface area (Å²) in [6.45, 7) is 5.63. The van der Waals surface area contributed by atoms with Crippen LogP contribution >= 0.6 is 11.6 Å². The molecule has 0 radical (unpaired) electrons. The maximum Gasteiger partial charge on any atom is 0.319 e. The van der Waals surface area contributed by atoms with Crippen LogP contribution in [0.5, 0.6) is 5.75 Å². The van der Waals surface area contributed by atoms with E-state index in [2.05, 4.69) is 31.1 Å². The molecule has 26 heavy (non-hydrogen) atoms. The van der Waals surface area contributed by atoms with Gasteiger partial charge >= 0.3 is 6.03 Å². The number of anilines is 2. The Bertz CT molecular complexity index is 851. The molecule has 4 N–H and O–H groups in total. The van der Waals surface area contributed by atoms with E-state index in [1.54, 1.807) is 19.1 Å². The minimum absolute atomic E-state index is 0.128. The number of hydrogen-bond acceptors (Lipinski definition) is 5. The molecule has 0 aliphatic carbocycles. The lowest BCUT2D eigenvalue weighted by Gasteiger charge is -2.22. The lowest BCUT2D eigenvalue weighted by molar-refractivity contribution is -0.118. The van der Waals surface area contributed by atoms with Crippen LogP contribution in [0.2, 0.25) is 5.02 Å². The van der Waals surface area contributed by atoms with Crippen LogP contribution in [0.1, 0.15) is 44.4 Å². The molecule has 0 saturated carbocycles. The van der Waals surface area contributed by atoms with Gasteiger partial charge in [0.2, 0.25) is 0 Å². The Labute approximate surface area is 154 Å². The fourth-order valence-electron chi connectivity index (χ4n) is 2.42.